The summed E-state index contributed by atoms with van der Waals surface area (Å²) in [7, 11) is 0. The summed E-state index contributed by atoms with van der Waals surface area (Å²) >= 11 is 2.93. The largest absolute Gasteiger partial charge is 0.321 e. The molecule has 0 aliphatic rings. The van der Waals surface area contributed by atoms with Gasteiger partial charge < -0.3 is 5.32 Å². The van der Waals surface area contributed by atoms with Gasteiger partial charge in [-0.1, -0.05) is 24.3 Å². The van der Waals surface area contributed by atoms with Crippen LogP contribution in [0.3, 0.4) is 0 Å². The Kier molecular flexibility index (Phi) is 4.83. The first-order valence-electron chi connectivity index (χ1n) is 8.29. The van der Waals surface area contributed by atoms with Crippen LogP contribution in [0.25, 0.3) is 21.0 Å². The van der Waals surface area contributed by atoms with Gasteiger partial charge in [0, 0.05) is 21.7 Å². The van der Waals surface area contributed by atoms with Crippen molar-refractivity contribution in [2.45, 2.75) is 6.92 Å². The third kappa shape index (κ3) is 3.67. The molecule has 6 heteroatoms. The van der Waals surface area contributed by atoms with Crippen LogP contribution in [0.15, 0.2) is 66.0 Å². The maximum Gasteiger partial charge on any atom is 0.267 e. The van der Waals surface area contributed by atoms with Gasteiger partial charge in [-0.25, -0.2) is 9.37 Å². The third-order valence-electron chi connectivity index (χ3n) is 4.06. The number of rotatable bonds is 4. The number of aryl methyl sites for hydroxylation is 1. The van der Waals surface area contributed by atoms with Crippen molar-refractivity contribution >= 4 is 34.3 Å². The van der Waals surface area contributed by atoms with E-state index in [-0.39, 0.29) is 11.7 Å². The zero-order valence-electron chi connectivity index (χ0n) is 14.4. The molecule has 0 aliphatic carbocycles. The third-order valence-corrected chi connectivity index (χ3v) is 6.16. The number of carbonyl (C=O) groups excluding carboxylic acids is 1. The molecule has 0 aliphatic heterocycles. The van der Waals surface area contributed by atoms with Gasteiger partial charge in [0.25, 0.3) is 5.91 Å². The van der Waals surface area contributed by atoms with Crippen molar-refractivity contribution < 1.29 is 9.18 Å². The molecule has 0 saturated heterocycles. The molecule has 0 unspecified atom stereocenters. The van der Waals surface area contributed by atoms with Crippen molar-refractivity contribution in [3.8, 4) is 21.0 Å². The molecule has 2 aromatic carbocycles. The van der Waals surface area contributed by atoms with Crippen molar-refractivity contribution in [2.24, 2.45) is 0 Å². The second kappa shape index (κ2) is 7.42. The lowest BCUT2D eigenvalue weighted by atomic mass is 10.1. The van der Waals surface area contributed by atoms with E-state index in [0.29, 0.717) is 15.6 Å². The molecule has 27 heavy (non-hydrogen) atoms. The number of thiazole rings is 1. The van der Waals surface area contributed by atoms with Crippen LogP contribution in [0, 0.1) is 12.7 Å². The zero-order chi connectivity index (χ0) is 18.8. The van der Waals surface area contributed by atoms with Crippen LogP contribution in [0.5, 0.6) is 0 Å². The Bertz CT molecular complexity index is 1090. The molecule has 1 N–H and O–H groups in total. The van der Waals surface area contributed by atoms with Crippen LogP contribution in [0.1, 0.15) is 15.4 Å². The van der Waals surface area contributed by atoms with E-state index in [0.717, 1.165) is 21.7 Å². The number of halogens is 1. The zero-order valence-corrected chi connectivity index (χ0v) is 16.0. The Labute approximate surface area is 164 Å². The monoisotopic (exact) mass is 394 g/mol. The number of thiophene rings is 1. The topological polar surface area (TPSA) is 42.0 Å². The molecular weight excluding hydrogens is 379 g/mol. The average Bonchev–Trinajstić information content (AvgIpc) is 3.33. The minimum Gasteiger partial charge on any atom is -0.321 e. The molecule has 2 aromatic heterocycles. The quantitative estimate of drug-likeness (QED) is 0.445. The number of anilines is 1. The first-order valence-corrected chi connectivity index (χ1v) is 9.99. The second-order valence-electron chi connectivity index (χ2n) is 5.92. The number of nitrogens with one attached hydrogen (secondary N) is 1. The van der Waals surface area contributed by atoms with Crippen LogP contribution in [-0.4, -0.2) is 10.9 Å². The predicted octanol–water partition coefficient (Wildman–Crippen LogP) is 6.24. The fraction of sp³-hybridized carbons (Fsp3) is 0.0476. The van der Waals surface area contributed by atoms with Gasteiger partial charge in [-0.3, -0.25) is 4.79 Å². The highest BCUT2D eigenvalue weighted by Crippen LogP contribution is 2.33. The van der Waals surface area contributed by atoms with E-state index in [1.807, 2.05) is 48.7 Å². The molecule has 0 bridgehead atoms. The summed E-state index contributed by atoms with van der Waals surface area (Å²) in [6.45, 7) is 1.81. The molecule has 2 heterocycles. The van der Waals surface area contributed by atoms with Crippen LogP contribution < -0.4 is 5.32 Å². The Morgan fingerprint density at radius 2 is 1.81 bits per heavy atom. The van der Waals surface area contributed by atoms with E-state index in [4.69, 9.17) is 0 Å². The van der Waals surface area contributed by atoms with Crippen molar-refractivity contribution in [3.63, 3.8) is 0 Å². The van der Waals surface area contributed by atoms with E-state index >= 15 is 0 Å². The minimum absolute atomic E-state index is 0.192. The molecule has 0 atom stereocenters. The fourth-order valence-corrected chi connectivity index (χ4v) is 4.47. The van der Waals surface area contributed by atoms with E-state index in [9.17, 15) is 9.18 Å². The number of hydrogen-bond donors (Lipinski definition) is 1. The summed E-state index contributed by atoms with van der Waals surface area (Å²) in [4.78, 5) is 19.0. The normalized spacial score (nSPS) is 10.7. The molecule has 0 radical (unpaired) electrons. The first kappa shape index (κ1) is 17.6. The van der Waals surface area contributed by atoms with E-state index in [1.165, 1.54) is 23.5 Å². The number of hydrogen-bond acceptors (Lipinski definition) is 4. The van der Waals surface area contributed by atoms with Crippen molar-refractivity contribution in [3.05, 3.63) is 82.4 Å². The standard InChI is InChI=1S/C21H15FN2OS2/c1-13-19(27-21(23-13)14-8-10-15(22)11-9-14)20(25)24-17-6-3-2-5-16(17)18-7-4-12-26-18/h2-12H,1H3,(H,24,25). The van der Waals surface area contributed by atoms with Gasteiger partial charge >= 0.3 is 0 Å². The summed E-state index contributed by atoms with van der Waals surface area (Å²) in [6, 6.07) is 17.9. The lowest BCUT2D eigenvalue weighted by molar-refractivity contribution is 0.103. The van der Waals surface area contributed by atoms with Gasteiger partial charge in [0.2, 0.25) is 0 Å². The average molecular weight is 394 g/mol. The Balaban J connectivity index is 1.62. The number of aromatic nitrogens is 1. The van der Waals surface area contributed by atoms with E-state index in [1.54, 1.807) is 23.5 Å². The smallest absolute Gasteiger partial charge is 0.267 e. The molecule has 134 valence electrons. The summed E-state index contributed by atoms with van der Waals surface area (Å²) in [5.41, 5.74) is 3.20. The molecule has 3 nitrogen and oxygen atoms in total. The summed E-state index contributed by atoms with van der Waals surface area (Å²) in [5.74, 6) is -0.488. The van der Waals surface area contributed by atoms with E-state index < -0.39 is 0 Å². The molecule has 0 saturated carbocycles. The molecule has 1 amide bonds. The lowest BCUT2D eigenvalue weighted by Gasteiger charge is -2.09. The van der Waals surface area contributed by atoms with Crippen molar-refractivity contribution in [1.82, 2.24) is 4.98 Å². The number of benzene rings is 2. The summed E-state index contributed by atoms with van der Waals surface area (Å²) in [5, 5.41) is 5.72. The van der Waals surface area contributed by atoms with Gasteiger partial charge in [-0.05, 0) is 48.7 Å². The van der Waals surface area contributed by atoms with Gasteiger partial charge in [0.1, 0.15) is 15.7 Å². The SMILES string of the molecule is Cc1nc(-c2ccc(F)cc2)sc1C(=O)Nc1ccccc1-c1cccs1. The minimum atomic E-state index is -0.296. The first-order chi connectivity index (χ1) is 13.1. The fourth-order valence-electron chi connectivity index (χ4n) is 2.74. The molecule has 4 aromatic rings. The van der Waals surface area contributed by atoms with Gasteiger partial charge in [0.15, 0.2) is 0 Å². The van der Waals surface area contributed by atoms with Crippen molar-refractivity contribution in [1.29, 1.82) is 0 Å². The molecular formula is C21H15FN2OS2. The lowest BCUT2D eigenvalue weighted by Crippen LogP contribution is -2.12. The van der Waals surface area contributed by atoms with Gasteiger partial charge in [-0.15, -0.1) is 22.7 Å². The predicted molar refractivity (Wildman–Crippen MR) is 110 cm³/mol. The van der Waals surface area contributed by atoms with Gasteiger partial charge in [-0.2, -0.15) is 0 Å². The van der Waals surface area contributed by atoms with Crippen LogP contribution in [-0.2, 0) is 0 Å². The highest BCUT2D eigenvalue weighted by molar-refractivity contribution is 7.17. The maximum absolute atomic E-state index is 13.1. The number of nitrogens with zero attached hydrogens (tertiary/aromatic N) is 1. The van der Waals surface area contributed by atoms with Crippen LogP contribution in [0.4, 0.5) is 10.1 Å². The highest BCUT2D eigenvalue weighted by Gasteiger charge is 2.18. The van der Waals surface area contributed by atoms with Crippen LogP contribution >= 0.6 is 22.7 Å². The highest BCUT2D eigenvalue weighted by atomic mass is 32.1. The van der Waals surface area contributed by atoms with E-state index in [2.05, 4.69) is 10.3 Å². The second-order valence-corrected chi connectivity index (χ2v) is 7.86. The Morgan fingerprint density at radius 1 is 1.04 bits per heavy atom. The number of amides is 1. The van der Waals surface area contributed by atoms with Gasteiger partial charge in [0.05, 0.1) is 5.69 Å². The molecule has 0 fully saturated rings. The summed E-state index contributed by atoms with van der Waals surface area (Å²) in [6.07, 6.45) is 0. The summed E-state index contributed by atoms with van der Waals surface area (Å²) < 4.78 is 13.1. The number of carbonyl (C=O) groups is 1. The molecule has 4 rings (SSSR count). The van der Waals surface area contributed by atoms with Crippen LogP contribution in [0.2, 0.25) is 0 Å². The molecule has 0 spiro atoms. The maximum atomic E-state index is 13.1. The Hall–Kier alpha value is -2.83. The Morgan fingerprint density at radius 3 is 2.56 bits per heavy atom. The number of para-hydroxylation sites is 1. The van der Waals surface area contributed by atoms with Crippen molar-refractivity contribution in [2.75, 3.05) is 5.32 Å².